The monoisotopic (exact) mass is 339 g/mol. The number of aryl methyl sites for hydroxylation is 3. The van der Waals surface area contributed by atoms with Gasteiger partial charge in [-0.3, -0.25) is 0 Å². The van der Waals surface area contributed by atoms with Gasteiger partial charge in [-0.25, -0.2) is 0 Å². The van der Waals surface area contributed by atoms with E-state index in [1.165, 1.54) is 5.56 Å². The van der Waals surface area contributed by atoms with E-state index in [-0.39, 0.29) is 5.76 Å². The molecule has 0 fully saturated rings. The summed E-state index contributed by atoms with van der Waals surface area (Å²) >= 11 is 5.50. The highest BCUT2D eigenvalue weighted by molar-refractivity contribution is 7.81. The van der Waals surface area contributed by atoms with E-state index in [4.69, 9.17) is 12.2 Å². The summed E-state index contributed by atoms with van der Waals surface area (Å²) in [6.07, 6.45) is 5.55. The molecule has 1 aromatic heterocycles. The summed E-state index contributed by atoms with van der Waals surface area (Å²) in [7, 11) is 0. The molecule has 4 heteroatoms. The molecule has 0 bridgehead atoms. The molecule has 2 rings (SSSR count). The minimum Gasteiger partial charge on any atom is -0.502 e. The largest absolute Gasteiger partial charge is 0.502 e. The predicted octanol–water partition coefficient (Wildman–Crippen LogP) is 3.89. The lowest BCUT2D eigenvalue weighted by molar-refractivity contribution is -0.576. The van der Waals surface area contributed by atoms with Crippen molar-refractivity contribution in [2.75, 3.05) is 6.54 Å². The van der Waals surface area contributed by atoms with Gasteiger partial charge in [0.15, 0.2) is 23.1 Å². The summed E-state index contributed by atoms with van der Waals surface area (Å²) in [6, 6.07) is 9.81. The summed E-state index contributed by atoms with van der Waals surface area (Å²) in [6.45, 7) is 10.3. The second-order valence-electron chi connectivity index (χ2n) is 5.78. The standard InChI is InChI=1S/C20H22N2OS/c1-5-10-21-20(24)18(22-11-6-7-14(2)13-22)19(23)17-9-8-15(3)16(4)12-17/h5-9,11-13H,1,10H2,2-4H3,(H-,21,23,24)/p+1. The highest BCUT2D eigenvalue weighted by atomic mass is 32.1. The predicted molar refractivity (Wildman–Crippen MR) is 104 cm³/mol. The number of pyridine rings is 1. The van der Waals surface area contributed by atoms with Crippen LogP contribution in [0, 0.1) is 20.8 Å². The maximum atomic E-state index is 10.9. The smallest absolute Gasteiger partial charge is 0.288 e. The molecule has 0 aliphatic heterocycles. The van der Waals surface area contributed by atoms with Gasteiger partial charge in [-0.15, -0.1) is 6.58 Å². The Bertz CT molecular complexity index is 809. The molecular formula is C20H23N2OS+. The third-order valence-corrected chi connectivity index (χ3v) is 4.17. The van der Waals surface area contributed by atoms with Gasteiger partial charge in [-0.1, -0.05) is 30.4 Å². The Hall–Kier alpha value is -2.46. The Morgan fingerprint density at radius 2 is 2.00 bits per heavy atom. The van der Waals surface area contributed by atoms with Gasteiger partial charge in [-0.05, 0) is 44.0 Å². The molecule has 0 saturated heterocycles. The second kappa shape index (κ2) is 7.88. The maximum Gasteiger partial charge on any atom is 0.288 e. The van der Waals surface area contributed by atoms with Gasteiger partial charge in [0.2, 0.25) is 0 Å². The fraction of sp³-hybridized carbons (Fsp3) is 0.200. The van der Waals surface area contributed by atoms with Crippen molar-refractivity contribution in [2.24, 2.45) is 0 Å². The van der Waals surface area contributed by atoms with Crippen LogP contribution >= 0.6 is 12.2 Å². The van der Waals surface area contributed by atoms with E-state index in [0.717, 1.165) is 16.7 Å². The fourth-order valence-corrected chi connectivity index (χ4v) is 2.64. The molecule has 0 amide bonds. The average molecular weight is 339 g/mol. The van der Waals surface area contributed by atoms with Gasteiger partial charge < -0.3 is 10.4 Å². The molecule has 0 aliphatic carbocycles. The number of aliphatic hydroxyl groups is 1. The minimum absolute atomic E-state index is 0.148. The van der Waals surface area contributed by atoms with Crippen molar-refractivity contribution in [1.82, 2.24) is 5.32 Å². The Labute approximate surface area is 149 Å². The molecule has 2 aromatic rings. The summed E-state index contributed by atoms with van der Waals surface area (Å²) in [5.41, 5.74) is 4.68. The summed E-state index contributed by atoms with van der Waals surface area (Å²) in [5.74, 6) is 0.148. The Morgan fingerprint density at radius 3 is 2.62 bits per heavy atom. The van der Waals surface area contributed by atoms with Gasteiger partial charge >= 0.3 is 0 Å². The normalized spacial score (nSPS) is 11.6. The van der Waals surface area contributed by atoms with E-state index >= 15 is 0 Å². The molecule has 0 saturated carbocycles. The average Bonchev–Trinajstić information content (AvgIpc) is 2.55. The number of nitrogens with one attached hydrogen (secondary N) is 1. The number of rotatable bonds is 5. The van der Waals surface area contributed by atoms with Crippen LogP contribution < -0.4 is 9.88 Å². The zero-order valence-corrected chi connectivity index (χ0v) is 15.2. The molecule has 0 radical (unpaired) electrons. The molecular weight excluding hydrogens is 316 g/mol. The highest BCUT2D eigenvalue weighted by Crippen LogP contribution is 2.20. The van der Waals surface area contributed by atoms with Gasteiger partial charge in [0.05, 0.1) is 0 Å². The first kappa shape index (κ1) is 17.9. The third kappa shape index (κ3) is 4.09. The molecule has 0 unspecified atom stereocenters. The molecule has 24 heavy (non-hydrogen) atoms. The summed E-state index contributed by atoms with van der Waals surface area (Å²) in [5, 5.41) is 14.0. The molecule has 3 nitrogen and oxygen atoms in total. The topological polar surface area (TPSA) is 36.1 Å². The van der Waals surface area contributed by atoms with Crippen LogP contribution in [0.2, 0.25) is 0 Å². The Balaban J connectivity index is 2.60. The van der Waals surface area contributed by atoms with Crippen LogP contribution in [0.3, 0.4) is 0 Å². The van der Waals surface area contributed by atoms with Crippen LogP contribution in [0.1, 0.15) is 22.3 Å². The van der Waals surface area contributed by atoms with Crippen LogP contribution in [-0.2, 0) is 0 Å². The SMILES string of the molecule is C=CCNC(=S)/C(=C(\O)c1ccc(C)c(C)c1)[n+]1cccc(C)c1. The molecule has 1 heterocycles. The molecule has 2 N–H and O–H groups in total. The first-order valence-corrected chi connectivity index (χ1v) is 8.23. The number of benzene rings is 1. The minimum atomic E-state index is 0.148. The van der Waals surface area contributed by atoms with E-state index < -0.39 is 0 Å². The van der Waals surface area contributed by atoms with Gasteiger partial charge in [0.1, 0.15) is 0 Å². The van der Waals surface area contributed by atoms with Crippen molar-refractivity contribution < 1.29 is 9.67 Å². The third-order valence-electron chi connectivity index (χ3n) is 3.83. The van der Waals surface area contributed by atoms with E-state index in [1.807, 2.05) is 68.1 Å². The van der Waals surface area contributed by atoms with Crippen LogP contribution in [0.15, 0.2) is 55.4 Å². The van der Waals surface area contributed by atoms with Crippen molar-refractivity contribution in [1.29, 1.82) is 0 Å². The van der Waals surface area contributed by atoms with Crippen LogP contribution in [-0.4, -0.2) is 16.6 Å². The van der Waals surface area contributed by atoms with Crippen molar-refractivity contribution in [3.05, 3.63) is 77.6 Å². The number of hydrogen-bond acceptors (Lipinski definition) is 2. The molecule has 1 aromatic carbocycles. The lowest BCUT2D eigenvalue weighted by Gasteiger charge is -2.10. The van der Waals surface area contributed by atoms with Crippen molar-refractivity contribution in [3.8, 4) is 0 Å². The number of nitrogens with zero attached hydrogens (tertiary/aromatic N) is 1. The van der Waals surface area contributed by atoms with Crippen LogP contribution in [0.4, 0.5) is 0 Å². The number of thiocarbonyl (C=S) groups is 1. The van der Waals surface area contributed by atoms with Crippen LogP contribution in [0.5, 0.6) is 0 Å². The zero-order valence-electron chi connectivity index (χ0n) is 14.3. The van der Waals surface area contributed by atoms with E-state index in [2.05, 4.69) is 11.9 Å². The highest BCUT2D eigenvalue weighted by Gasteiger charge is 2.23. The quantitative estimate of drug-likeness (QED) is 0.285. The Kier molecular flexibility index (Phi) is 5.88. The molecule has 0 spiro atoms. The molecule has 124 valence electrons. The molecule has 0 aliphatic rings. The fourth-order valence-electron chi connectivity index (χ4n) is 2.35. The Morgan fingerprint density at radius 1 is 1.25 bits per heavy atom. The van der Waals surface area contributed by atoms with Gasteiger partial charge in [-0.2, -0.15) is 4.57 Å². The number of aliphatic hydroxyl groups excluding tert-OH is 1. The van der Waals surface area contributed by atoms with E-state index in [0.29, 0.717) is 17.2 Å². The molecule has 0 atom stereocenters. The second-order valence-corrected chi connectivity index (χ2v) is 6.19. The number of aromatic nitrogens is 1. The van der Waals surface area contributed by atoms with Crippen molar-refractivity contribution in [3.63, 3.8) is 0 Å². The van der Waals surface area contributed by atoms with Crippen molar-refractivity contribution in [2.45, 2.75) is 20.8 Å². The number of hydrogen-bond donors (Lipinski definition) is 2. The summed E-state index contributed by atoms with van der Waals surface area (Å²) < 4.78 is 1.85. The maximum absolute atomic E-state index is 10.9. The first-order chi connectivity index (χ1) is 11.4. The first-order valence-electron chi connectivity index (χ1n) is 7.82. The van der Waals surface area contributed by atoms with Gasteiger partial charge in [0.25, 0.3) is 5.70 Å². The summed E-state index contributed by atoms with van der Waals surface area (Å²) in [4.78, 5) is 0.473. The van der Waals surface area contributed by atoms with Crippen LogP contribution in [0.25, 0.3) is 11.5 Å². The van der Waals surface area contributed by atoms with Gasteiger partial charge in [0, 0.05) is 23.7 Å². The van der Waals surface area contributed by atoms with E-state index in [1.54, 1.807) is 6.08 Å². The zero-order chi connectivity index (χ0) is 17.7. The lowest BCUT2D eigenvalue weighted by Crippen LogP contribution is -2.41. The lowest BCUT2D eigenvalue weighted by atomic mass is 10.0. The van der Waals surface area contributed by atoms with E-state index in [9.17, 15) is 5.11 Å². The van der Waals surface area contributed by atoms with Crippen molar-refractivity contribution >= 4 is 28.7 Å².